The molecule has 0 aliphatic carbocycles. The first-order valence-electron chi connectivity index (χ1n) is 10.6. The molecule has 29 heavy (non-hydrogen) atoms. The van der Waals surface area contributed by atoms with Crippen molar-refractivity contribution in [3.05, 3.63) is 29.2 Å². The zero-order valence-corrected chi connectivity index (χ0v) is 17.3. The van der Waals surface area contributed by atoms with Crippen LogP contribution in [0.5, 0.6) is 0 Å². The van der Waals surface area contributed by atoms with E-state index >= 15 is 0 Å². The Morgan fingerprint density at radius 2 is 1.90 bits per heavy atom. The maximum atomic E-state index is 12.6. The van der Waals surface area contributed by atoms with E-state index in [0.717, 1.165) is 69.1 Å². The highest BCUT2D eigenvalue weighted by Crippen LogP contribution is 2.28. The molecule has 9 nitrogen and oxygen atoms in total. The molecule has 9 heteroatoms. The molecule has 2 aliphatic rings. The standard InChI is InChI=1S/C20H30N6O3/c1-3-15-12-17(29-23-15)20(28)26-10-4-14(5-11-26)19-22-21-18(24(19)2)13-25-8-6-16(27)7-9-25/h12,14,16,27H,3-11,13H2,1-2H3. The van der Waals surface area contributed by atoms with Crippen molar-refractivity contribution in [2.75, 3.05) is 26.2 Å². The Bertz CT molecular complexity index is 831. The number of nitrogens with zero attached hydrogens (tertiary/aromatic N) is 6. The van der Waals surface area contributed by atoms with Crippen LogP contribution in [0.1, 0.15) is 66.4 Å². The highest BCUT2D eigenvalue weighted by atomic mass is 16.5. The van der Waals surface area contributed by atoms with E-state index in [2.05, 4.69) is 24.8 Å². The van der Waals surface area contributed by atoms with Crippen molar-refractivity contribution in [2.24, 2.45) is 7.05 Å². The second-order valence-electron chi connectivity index (χ2n) is 8.14. The third kappa shape index (κ3) is 4.35. The molecule has 0 unspecified atom stereocenters. The maximum absolute atomic E-state index is 12.6. The molecule has 2 aromatic heterocycles. The van der Waals surface area contributed by atoms with Gasteiger partial charge in [-0.2, -0.15) is 0 Å². The minimum atomic E-state index is -0.167. The zero-order chi connectivity index (χ0) is 20.4. The summed E-state index contributed by atoms with van der Waals surface area (Å²) in [6, 6.07) is 1.74. The van der Waals surface area contributed by atoms with Crippen LogP contribution in [-0.4, -0.2) is 73.0 Å². The highest BCUT2D eigenvalue weighted by molar-refractivity contribution is 5.91. The normalized spacial score (nSPS) is 19.8. The summed E-state index contributed by atoms with van der Waals surface area (Å²) in [4.78, 5) is 16.8. The smallest absolute Gasteiger partial charge is 0.292 e. The number of likely N-dealkylation sites (tertiary alicyclic amines) is 2. The summed E-state index contributed by atoms with van der Waals surface area (Å²) in [7, 11) is 2.03. The lowest BCUT2D eigenvalue weighted by Gasteiger charge is -2.31. The molecule has 2 fully saturated rings. The average molecular weight is 402 g/mol. The van der Waals surface area contributed by atoms with Crippen LogP contribution in [0.15, 0.2) is 10.6 Å². The van der Waals surface area contributed by atoms with Gasteiger partial charge in [-0.05, 0) is 32.1 Å². The monoisotopic (exact) mass is 402 g/mol. The fourth-order valence-electron chi connectivity index (χ4n) is 4.22. The lowest BCUT2D eigenvalue weighted by molar-refractivity contribution is 0.0668. The molecule has 2 aliphatic heterocycles. The number of hydrogen-bond donors (Lipinski definition) is 1. The molecule has 0 radical (unpaired) electrons. The number of aliphatic hydroxyl groups is 1. The van der Waals surface area contributed by atoms with Crippen molar-refractivity contribution >= 4 is 5.91 Å². The highest BCUT2D eigenvalue weighted by Gasteiger charge is 2.29. The van der Waals surface area contributed by atoms with Gasteiger partial charge < -0.3 is 19.1 Å². The third-order valence-corrected chi connectivity index (χ3v) is 6.20. The maximum Gasteiger partial charge on any atom is 0.292 e. The Balaban J connectivity index is 1.34. The molecule has 0 atom stereocenters. The molecule has 158 valence electrons. The van der Waals surface area contributed by atoms with Gasteiger partial charge in [-0.25, -0.2) is 0 Å². The predicted octanol–water partition coefficient (Wildman–Crippen LogP) is 1.34. The van der Waals surface area contributed by atoms with E-state index in [1.807, 2.05) is 18.9 Å². The molecular formula is C20H30N6O3. The lowest BCUT2D eigenvalue weighted by atomic mass is 9.95. The number of piperidine rings is 2. The molecule has 0 bridgehead atoms. The second-order valence-corrected chi connectivity index (χ2v) is 8.14. The van der Waals surface area contributed by atoms with Crippen LogP contribution < -0.4 is 0 Å². The van der Waals surface area contributed by atoms with E-state index in [-0.39, 0.29) is 12.0 Å². The summed E-state index contributed by atoms with van der Waals surface area (Å²) in [5.41, 5.74) is 0.804. The van der Waals surface area contributed by atoms with Gasteiger partial charge in [-0.1, -0.05) is 12.1 Å². The molecule has 0 saturated carbocycles. The van der Waals surface area contributed by atoms with E-state index in [1.54, 1.807) is 6.07 Å². The molecule has 4 rings (SSSR count). The van der Waals surface area contributed by atoms with Crippen LogP contribution in [0.2, 0.25) is 0 Å². The minimum Gasteiger partial charge on any atom is -0.393 e. The number of rotatable bonds is 5. The van der Waals surface area contributed by atoms with Gasteiger partial charge in [0.1, 0.15) is 11.6 Å². The molecular weight excluding hydrogens is 372 g/mol. The van der Waals surface area contributed by atoms with Crippen LogP contribution in [0.3, 0.4) is 0 Å². The third-order valence-electron chi connectivity index (χ3n) is 6.20. The SMILES string of the molecule is CCc1cc(C(=O)N2CCC(c3nnc(CN4CCC(O)CC4)n3C)CC2)on1. The molecule has 0 aromatic carbocycles. The molecule has 1 amide bonds. The summed E-state index contributed by atoms with van der Waals surface area (Å²) >= 11 is 0. The van der Waals surface area contributed by atoms with Crippen molar-refractivity contribution in [2.45, 2.75) is 57.6 Å². The van der Waals surface area contributed by atoms with Crippen molar-refractivity contribution < 1.29 is 14.4 Å². The number of hydrogen-bond acceptors (Lipinski definition) is 7. The summed E-state index contributed by atoms with van der Waals surface area (Å²) in [6.07, 6.45) is 3.96. The topological polar surface area (TPSA) is 101 Å². The number of amides is 1. The van der Waals surface area contributed by atoms with Gasteiger partial charge in [-0.15, -0.1) is 10.2 Å². The molecule has 1 N–H and O–H groups in total. The van der Waals surface area contributed by atoms with Gasteiger partial charge in [0.15, 0.2) is 0 Å². The van der Waals surface area contributed by atoms with Crippen LogP contribution in [0.4, 0.5) is 0 Å². The molecule has 0 spiro atoms. The van der Waals surface area contributed by atoms with Gasteiger partial charge >= 0.3 is 0 Å². The summed E-state index contributed by atoms with van der Waals surface area (Å²) < 4.78 is 7.30. The predicted molar refractivity (Wildman–Crippen MR) is 105 cm³/mol. The Morgan fingerprint density at radius 3 is 2.55 bits per heavy atom. The number of carbonyl (C=O) groups is 1. The van der Waals surface area contributed by atoms with Gasteiger partial charge in [-0.3, -0.25) is 9.69 Å². The number of aromatic nitrogens is 4. The van der Waals surface area contributed by atoms with Crippen molar-refractivity contribution in [3.8, 4) is 0 Å². The molecule has 2 saturated heterocycles. The van der Waals surface area contributed by atoms with E-state index in [9.17, 15) is 9.90 Å². The number of aryl methyl sites for hydroxylation is 1. The van der Waals surface area contributed by atoms with Gasteiger partial charge in [0.05, 0.1) is 18.3 Å². The van der Waals surface area contributed by atoms with Crippen LogP contribution in [-0.2, 0) is 20.0 Å². The Kier molecular flexibility index (Phi) is 5.96. The van der Waals surface area contributed by atoms with E-state index in [4.69, 9.17) is 4.52 Å². The van der Waals surface area contributed by atoms with E-state index in [0.29, 0.717) is 24.8 Å². The number of carbonyl (C=O) groups excluding carboxylic acids is 1. The van der Waals surface area contributed by atoms with Gasteiger partial charge in [0, 0.05) is 45.2 Å². The van der Waals surface area contributed by atoms with E-state index in [1.165, 1.54) is 0 Å². The zero-order valence-electron chi connectivity index (χ0n) is 17.3. The minimum absolute atomic E-state index is 0.0819. The average Bonchev–Trinajstić information content (AvgIpc) is 3.37. The summed E-state index contributed by atoms with van der Waals surface area (Å²) in [5.74, 6) is 2.50. The first-order chi connectivity index (χ1) is 14.0. The first kappa shape index (κ1) is 20.0. The summed E-state index contributed by atoms with van der Waals surface area (Å²) in [6.45, 7) is 5.90. The molecule has 4 heterocycles. The first-order valence-corrected chi connectivity index (χ1v) is 10.6. The van der Waals surface area contributed by atoms with Crippen LogP contribution in [0, 0.1) is 0 Å². The number of aliphatic hydroxyl groups excluding tert-OH is 1. The van der Waals surface area contributed by atoms with Crippen molar-refractivity contribution in [1.29, 1.82) is 0 Å². The van der Waals surface area contributed by atoms with Crippen molar-refractivity contribution in [1.82, 2.24) is 29.7 Å². The Labute approximate surface area is 170 Å². The second kappa shape index (κ2) is 8.62. The van der Waals surface area contributed by atoms with E-state index < -0.39 is 0 Å². The van der Waals surface area contributed by atoms with Gasteiger partial charge in [0.25, 0.3) is 5.91 Å². The quantitative estimate of drug-likeness (QED) is 0.805. The molecule has 2 aromatic rings. The van der Waals surface area contributed by atoms with Crippen LogP contribution in [0.25, 0.3) is 0 Å². The Morgan fingerprint density at radius 1 is 1.17 bits per heavy atom. The fraction of sp³-hybridized carbons (Fsp3) is 0.700. The fourth-order valence-corrected chi connectivity index (χ4v) is 4.22. The van der Waals surface area contributed by atoms with Gasteiger partial charge in [0.2, 0.25) is 5.76 Å². The summed E-state index contributed by atoms with van der Waals surface area (Å²) in [5, 5.41) is 22.5. The van der Waals surface area contributed by atoms with Crippen molar-refractivity contribution in [3.63, 3.8) is 0 Å². The Hall–Kier alpha value is -2.26. The van der Waals surface area contributed by atoms with Crippen LogP contribution >= 0.6 is 0 Å². The lowest BCUT2D eigenvalue weighted by Crippen LogP contribution is -2.38. The largest absolute Gasteiger partial charge is 0.393 e.